The van der Waals surface area contributed by atoms with Crippen molar-refractivity contribution in [1.82, 2.24) is 9.88 Å². The number of aromatic nitrogens is 1. The van der Waals surface area contributed by atoms with Crippen molar-refractivity contribution in [2.45, 2.75) is 45.2 Å². The van der Waals surface area contributed by atoms with E-state index in [1.807, 2.05) is 13.8 Å². The predicted octanol–water partition coefficient (Wildman–Crippen LogP) is 3.49. The molecule has 0 bridgehead atoms. The number of allylic oxidation sites excluding steroid dienone is 1. The minimum atomic E-state index is -1.35. The van der Waals surface area contributed by atoms with Crippen molar-refractivity contribution in [3.05, 3.63) is 50.5 Å². The van der Waals surface area contributed by atoms with Gasteiger partial charge in [0.15, 0.2) is 0 Å². The fraction of sp³-hybridized carbons (Fsp3) is 0.409. The second kappa shape index (κ2) is 8.00. The van der Waals surface area contributed by atoms with Gasteiger partial charge in [-0.3, -0.25) is 9.59 Å². The molecule has 0 spiro atoms. The number of carboxylic acids is 1. The summed E-state index contributed by atoms with van der Waals surface area (Å²) in [5.41, 5.74) is 0.262. The van der Waals surface area contributed by atoms with Crippen molar-refractivity contribution in [2.24, 2.45) is 0 Å². The largest absolute Gasteiger partial charge is 0.477 e. The van der Waals surface area contributed by atoms with Gasteiger partial charge < -0.3 is 19.9 Å². The summed E-state index contributed by atoms with van der Waals surface area (Å²) in [4.78, 5) is 38.0. The summed E-state index contributed by atoms with van der Waals surface area (Å²) in [5.74, 6) is -2.23. The maximum absolute atomic E-state index is 15.1. The van der Waals surface area contributed by atoms with Gasteiger partial charge in [0.1, 0.15) is 11.4 Å². The lowest BCUT2D eigenvalue weighted by atomic mass is 10.1. The number of pyridine rings is 1. The average molecular weight is 448 g/mol. The smallest absolute Gasteiger partial charge is 0.341 e. The summed E-state index contributed by atoms with van der Waals surface area (Å²) in [7, 11) is 0. The minimum Gasteiger partial charge on any atom is -0.477 e. The molecule has 1 unspecified atom stereocenters. The van der Waals surface area contributed by atoms with Gasteiger partial charge in [0.25, 0.3) is 0 Å². The Bertz CT molecular complexity index is 1180. The summed E-state index contributed by atoms with van der Waals surface area (Å²) in [6.07, 6.45) is 5.12. The predicted molar refractivity (Wildman–Crippen MR) is 117 cm³/mol. The summed E-state index contributed by atoms with van der Waals surface area (Å²) in [6.45, 7) is 4.54. The second-order valence-electron chi connectivity index (χ2n) is 8.39. The molecule has 164 valence electrons. The average Bonchev–Trinajstić information content (AvgIpc) is 3.42. The fourth-order valence-electron chi connectivity index (χ4n) is 4.10. The number of rotatable bonds is 5. The molecule has 9 heteroatoms. The van der Waals surface area contributed by atoms with Gasteiger partial charge in [0.2, 0.25) is 11.3 Å². The Morgan fingerprint density at radius 3 is 2.61 bits per heavy atom. The van der Waals surface area contributed by atoms with E-state index < -0.39 is 22.8 Å². The molecule has 1 aromatic heterocycles. The van der Waals surface area contributed by atoms with Crippen LogP contribution in [0.3, 0.4) is 0 Å². The van der Waals surface area contributed by atoms with Crippen molar-refractivity contribution in [1.29, 1.82) is 0 Å². The quantitative estimate of drug-likeness (QED) is 0.684. The lowest BCUT2D eigenvalue weighted by Gasteiger charge is -2.23. The first kappa shape index (κ1) is 21.4. The number of amides is 1. The second-order valence-corrected chi connectivity index (χ2v) is 8.77. The van der Waals surface area contributed by atoms with E-state index in [9.17, 15) is 19.5 Å². The zero-order chi connectivity index (χ0) is 22.4. The molecule has 2 fully saturated rings. The standard InChI is InChI=1S/C22H23ClFN3O4/c1-11(2)7-17(28)25-12-5-6-26(9-12)20-16(24)8-14-19(18(20)23)27(13-3-4-13)10-15(21(14)29)22(30)31/h7-8,10,12-13H,3-6,9H2,1-2H3,(H,25,28)(H,30,31). The van der Waals surface area contributed by atoms with Gasteiger partial charge in [-0.1, -0.05) is 17.2 Å². The van der Waals surface area contributed by atoms with Crippen LogP contribution in [0.2, 0.25) is 5.02 Å². The number of hydrogen-bond acceptors (Lipinski definition) is 4. The number of nitrogens with one attached hydrogen (secondary N) is 1. The Morgan fingerprint density at radius 1 is 1.29 bits per heavy atom. The van der Waals surface area contributed by atoms with E-state index in [0.717, 1.165) is 24.5 Å². The molecule has 4 rings (SSSR count). The van der Waals surface area contributed by atoms with Crippen LogP contribution in [0.5, 0.6) is 0 Å². The third-order valence-electron chi connectivity index (χ3n) is 5.63. The molecule has 1 amide bonds. The van der Waals surface area contributed by atoms with Crippen LogP contribution in [0.4, 0.5) is 10.1 Å². The number of nitrogens with zero attached hydrogens (tertiary/aromatic N) is 2. The first-order chi connectivity index (χ1) is 14.7. The van der Waals surface area contributed by atoms with Crippen LogP contribution >= 0.6 is 11.6 Å². The van der Waals surface area contributed by atoms with Gasteiger partial charge in [0.05, 0.1) is 21.6 Å². The van der Waals surface area contributed by atoms with Crippen LogP contribution in [-0.4, -0.2) is 40.7 Å². The number of hydrogen-bond donors (Lipinski definition) is 2. The highest BCUT2D eigenvalue weighted by Crippen LogP contribution is 2.42. The number of carboxylic acid groups (broad SMARTS) is 1. The number of aromatic carboxylic acids is 1. The Balaban J connectivity index is 1.75. The van der Waals surface area contributed by atoms with Crippen LogP contribution in [0.15, 0.2) is 28.7 Å². The Hall–Kier alpha value is -2.87. The molecule has 1 aromatic carbocycles. The summed E-state index contributed by atoms with van der Waals surface area (Å²) < 4.78 is 16.8. The molecule has 0 radical (unpaired) electrons. The Kier molecular flexibility index (Phi) is 5.51. The number of benzene rings is 1. The van der Waals surface area contributed by atoms with Crippen LogP contribution in [0, 0.1) is 5.82 Å². The topological polar surface area (TPSA) is 91.6 Å². The minimum absolute atomic E-state index is 0.0340. The number of anilines is 1. The lowest BCUT2D eigenvalue weighted by molar-refractivity contribution is -0.117. The van der Waals surface area contributed by atoms with Gasteiger partial charge in [-0.25, -0.2) is 9.18 Å². The maximum Gasteiger partial charge on any atom is 0.341 e. The molecule has 2 aromatic rings. The summed E-state index contributed by atoms with van der Waals surface area (Å²) in [6, 6.07) is 0.959. The van der Waals surface area contributed by atoms with Gasteiger partial charge >= 0.3 is 5.97 Å². The van der Waals surface area contributed by atoms with Gasteiger partial charge in [-0.15, -0.1) is 0 Å². The summed E-state index contributed by atoms with van der Waals surface area (Å²) >= 11 is 6.64. The van der Waals surface area contributed by atoms with E-state index in [0.29, 0.717) is 25.0 Å². The normalized spacial score (nSPS) is 18.3. The first-order valence-electron chi connectivity index (χ1n) is 10.2. The first-order valence-corrected chi connectivity index (χ1v) is 10.6. The van der Waals surface area contributed by atoms with E-state index in [1.54, 1.807) is 9.47 Å². The molecule has 1 saturated carbocycles. The highest BCUT2D eigenvalue weighted by Gasteiger charge is 2.32. The van der Waals surface area contributed by atoms with E-state index in [-0.39, 0.29) is 34.1 Å². The van der Waals surface area contributed by atoms with E-state index in [2.05, 4.69) is 5.32 Å². The number of halogens is 2. The van der Waals surface area contributed by atoms with Gasteiger partial charge in [-0.2, -0.15) is 0 Å². The number of carbonyl (C=O) groups is 2. The monoisotopic (exact) mass is 447 g/mol. The molecule has 1 aliphatic carbocycles. The molecular weight excluding hydrogens is 425 g/mol. The van der Waals surface area contributed by atoms with Crippen LogP contribution in [-0.2, 0) is 4.79 Å². The third-order valence-corrected chi connectivity index (χ3v) is 5.98. The Labute approximate surface area is 183 Å². The van der Waals surface area contributed by atoms with Crippen molar-refractivity contribution in [3.8, 4) is 0 Å². The molecule has 2 aliphatic rings. The van der Waals surface area contributed by atoms with Crippen molar-refractivity contribution in [2.75, 3.05) is 18.0 Å². The lowest BCUT2D eigenvalue weighted by Crippen LogP contribution is -2.36. The van der Waals surface area contributed by atoms with Crippen molar-refractivity contribution >= 4 is 40.1 Å². The highest BCUT2D eigenvalue weighted by molar-refractivity contribution is 6.38. The number of fused-ring (bicyclic) bond motifs is 1. The molecule has 2 N–H and O–H groups in total. The van der Waals surface area contributed by atoms with Crippen molar-refractivity contribution < 1.29 is 19.1 Å². The molecule has 1 atom stereocenters. The van der Waals surface area contributed by atoms with E-state index in [1.165, 1.54) is 12.3 Å². The Morgan fingerprint density at radius 2 is 2.00 bits per heavy atom. The third kappa shape index (κ3) is 4.04. The maximum atomic E-state index is 15.1. The molecule has 1 aliphatic heterocycles. The van der Waals surface area contributed by atoms with Crippen LogP contribution in [0.25, 0.3) is 10.9 Å². The summed E-state index contributed by atoms with van der Waals surface area (Å²) in [5, 5.41) is 12.4. The van der Waals surface area contributed by atoms with Gasteiger partial charge in [0, 0.05) is 37.4 Å². The zero-order valence-electron chi connectivity index (χ0n) is 17.2. The fourth-order valence-corrected chi connectivity index (χ4v) is 4.51. The van der Waals surface area contributed by atoms with Crippen molar-refractivity contribution in [3.63, 3.8) is 0 Å². The number of carbonyl (C=O) groups excluding carboxylic acids is 1. The molecular formula is C22H23ClFN3O4. The molecule has 31 heavy (non-hydrogen) atoms. The van der Waals surface area contributed by atoms with Crippen LogP contribution in [0.1, 0.15) is 49.5 Å². The molecule has 1 saturated heterocycles. The molecule has 7 nitrogen and oxygen atoms in total. The molecule has 2 heterocycles. The van der Waals surface area contributed by atoms with E-state index >= 15 is 4.39 Å². The highest BCUT2D eigenvalue weighted by atomic mass is 35.5. The van der Waals surface area contributed by atoms with Crippen LogP contribution < -0.4 is 15.6 Å². The zero-order valence-corrected chi connectivity index (χ0v) is 18.0. The van der Waals surface area contributed by atoms with Gasteiger partial charge in [-0.05, 0) is 39.2 Å². The van der Waals surface area contributed by atoms with E-state index in [4.69, 9.17) is 11.6 Å². The SMILES string of the molecule is CC(C)=CC(=O)NC1CCN(c2c(F)cc3c(=O)c(C(=O)O)cn(C4CC4)c3c2Cl)C1.